The number of hydrogen-bond donors (Lipinski definition) is 1. The Balaban J connectivity index is 2.91. The maximum atomic E-state index is 12.4. The number of para-hydroxylation sites is 1. The molecule has 0 saturated carbocycles. The number of nitrogens with one attached hydrogen (secondary N) is 1. The number of anilines is 1. The van der Waals surface area contributed by atoms with Crippen LogP contribution in [-0.4, -0.2) is 41.4 Å². The fraction of sp³-hybridized carbons (Fsp3) is 0.526. The standard InChI is InChI=1S/C19H28N2O4/c1-6-8-13-25-18(24)14-11-9-10-12-15(14)20-16(22)17(23)21(7-2)19(3,4)5/h9-12H,6-8,13H2,1-5H3,(H,20,22). The van der Waals surface area contributed by atoms with Crippen molar-refractivity contribution in [2.75, 3.05) is 18.5 Å². The molecule has 138 valence electrons. The van der Waals surface area contributed by atoms with Crippen LogP contribution in [0.4, 0.5) is 5.69 Å². The molecular formula is C19H28N2O4. The molecule has 0 aliphatic rings. The van der Waals surface area contributed by atoms with Crippen molar-refractivity contribution in [3.63, 3.8) is 0 Å². The molecule has 0 radical (unpaired) electrons. The molecular weight excluding hydrogens is 320 g/mol. The number of likely N-dealkylation sites (N-methyl/N-ethyl adjacent to an activating group) is 1. The lowest BCUT2D eigenvalue weighted by atomic mass is 10.1. The molecule has 0 unspecified atom stereocenters. The highest BCUT2D eigenvalue weighted by Crippen LogP contribution is 2.18. The maximum Gasteiger partial charge on any atom is 0.340 e. The number of hydrogen-bond acceptors (Lipinski definition) is 4. The Hall–Kier alpha value is -2.37. The zero-order valence-corrected chi connectivity index (χ0v) is 15.7. The average molecular weight is 348 g/mol. The number of ether oxygens (including phenoxy) is 1. The van der Waals surface area contributed by atoms with Crippen molar-refractivity contribution in [1.29, 1.82) is 0 Å². The summed E-state index contributed by atoms with van der Waals surface area (Å²) < 4.78 is 5.19. The number of unbranched alkanes of at least 4 members (excludes halogenated alkanes) is 1. The molecule has 0 aliphatic carbocycles. The van der Waals surface area contributed by atoms with Gasteiger partial charge in [-0.2, -0.15) is 0 Å². The Morgan fingerprint density at radius 1 is 1.12 bits per heavy atom. The van der Waals surface area contributed by atoms with E-state index < -0.39 is 23.3 Å². The summed E-state index contributed by atoms with van der Waals surface area (Å²) >= 11 is 0. The quantitative estimate of drug-likeness (QED) is 0.486. The van der Waals surface area contributed by atoms with Gasteiger partial charge in [0.05, 0.1) is 17.9 Å². The number of carbonyl (C=O) groups is 3. The van der Waals surface area contributed by atoms with Crippen LogP contribution in [0.5, 0.6) is 0 Å². The molecule has 6 nitrogen and oxygen atoms in total. The van der Waals surface area contributed by atoms with Gasteiger partial charge in [-0.3, -0.25) is 9.59 Å². The molecule has 25 heavy (non-hydrogen) atoms. The number of amides is 2. The molecule has 0 bridgehead atoms. The van der Waals surface area contributed by atoms with Crippen LogP contribution in [0.2, 0.25) is 0 Å². The van der Waals surface area contributed by atoms with Gasteiger partial charge >= 0.3 is 17.8 Å². The summed E-state index contributed by atoms with van der Waals surface area (Å²) in [5, 5.41) is 2.54. The highest BCUT2D eigenvalue weighted by Gasteiger charge is 2.30. The molecule has 1 aromatic carbocycles. The molecule has 0 aromatic heterocycles. The highest BCUT2D eigenvalue weighted by atomic mass is 16.5. The highest BCUT2D eigenvalue weighted by molar-refractivity contribution is 6.40. The summed E-state index contributed by atoms with van der Waals surface area (Å²) in [5.41, 5.74) is 0.0350. The third kappa shape index (κ3) is 5.89. The van der Waals surface area contributed by atoms with Gasteiger partial charge in [0.1, 0.15) is 0 Å². The van der Waals surface area contributed by atoms with Crippen LogP contribution >= 0.6 is 0 Å². The van der Waals surface area contributed by atoms with Crippen LogP contribution in [0.1, 0.15) is 57.8 Å². The van der Waals surface area contributed by atoms with E-state index in [1.165, 1.54) is 4.90 Å². The topological polar surface area (TPSA) is 75.7 Å². The minimum atomic E-state index is -0.773. The zero-order chi connectivity index (χ0) is 19.0. The Morgan fingerprint density at radius 3 is 2.32 bits per heavy atom. The lowest BCUT2D eigenvalue weighted by Gasteiger charge is -2.34. The number of nitrogens with zero attached hydrogens (tertiary/aromatic N) is 1. The Bertz CT molecular complexity index is 620. The van der Waals surface area contributed by atoms with Crippen molar-refractivity contribution in [2.24, 2.45) is 0 Å². The predicted molar refractivity (Wildman–Crippen MR) is 97.4 cm³/mol. The van der Waals surface area contributed by atoms with E-state index >= 15 is 0 Å². The first-order valence-corrected chi connectivity index (χ1v) is 8.61. The van der Waals surface area contributed by atoms with Crippen LogP contribution in [0.25, 0.3) is 0 Å². The van der Waals surface area contributed by atoms with Crippen molar-refractivity contribution in [3.05, 3.63) is 29.8 Å². The number of benzene rings is 1. The average Bonchev–Trinajstić information content (AvgIpc) is 2.54. The molecule has 0 fully saturated rings. The van der Waals surface area contributed by atoms with Crippen molar-refractivity contribution in [1.82, 2.24) is 4.90 Å². The van der Waals surface area contributed by atoms with Gasteiger partial charge in [-0.25, -0.2) is 4.79 Å². The lowest BCUT2D eigenvalue weighted by Crippen LogP contribution is -2.50. The zero-order valence-electron chi connectivity index (χ0n) is 15.7. The summed E-state index contributed by atoms with van der Waals surface area (Å²) in [7, 11) is 0. The molecule has 0 aliphatic heterocycles. The molecule has 6 heteroatoms. The summed E-state index contributed by atoms with van der Waals surface area (Å²) in [4.78, 5) is 38.4. The second-order valence-corrected chi connectivity index (χ2v) is 6.71. The Morgan fingerprint density at radius 2 is 1.76 bits per heavy atom. The van der Waals surface area contributed by atoms with Gasteiger partial charge in [0.15, 0.2) is 0 Å². The fourth-order valence-corrected chi connectivity index (χ4v) is 2.38. The van der Waals surface area contributed by atoms with E-state index in [2.05, 4.69) is 5.32 Å². The van der Waals surface area contributed by atoms with Gasteiger partial charge in [0.25, 0.3) is 0 Å². The molecule has 0 saturated heterocycles. The normalized spacial score (nSPS) is 10.9. The second-order valence-electron chi connectivity index (χ2n) is 6.71. The van der Waals surface area contributed by atoms with Crippen LogP contribution in [-0.2, 0) is 14.3 Å². The predicted octanol–water partition coefficient (Wildman–Crippen LogP) is 3.23. The Kier molecular flexibility index (Phi) is 7.61. The van der Waals surface area contributed by atoms with Crippen molar-refractivity contribution in [2.45, 2.75) is 53.0 Å². The van der Waals surface area contributed by atoms with E-state index in [1.807, 2.05) is 34.6 Å². The van der Waals surface area contributed by atoms with Gasteiger partial charge in [-0.15, -0.1) is 0 Å². The van der Waals surface area contributed by atoms with Gasteiger partial charge < -0.3 is 15.0 Å². The number of esters is 1. The SMILES string of the molecule is CCCCOC(=O)c1ccccc1NC(=O)C(=O)N(CC)C(C)(C)C. The second kappa shape index (κ2) is 9.20. The van der Waals surface area contributed by atoms with E-state index in [1.54, 1.807) is 24.3 Å². The minimum absolute atomic E-state index is 0.235. The number of carbonyl (C=O) groups excluding carboxylic acids is 3. The molecule has 2 amide bonds. The third-order valence-corrected chi connectivity index (χ3v) is 3.69. The third-order valence-electron chi connectivity index (χ3n) is 3.69. The van der Waals surface area contributed by atoms with Crippen LogP contribution in [0.15, 0.2) is 24.3 Å². The lowest BCUT2D eigenvalue weighted by molar-refractivity contribution is -0.146. The molecule has 1 rings (SSSR count). The molecule has 0 spiro atoms. The number of rotatable bonds is 6. The van der Waals surface area contributed by atoms with Crippen molar-refractivity contribution >= 4 is 23.5 Å². The first-order valence-electron chi connectivity index (χ1n) is 8.61. The van der Waals surface area contributed by atoms with Gasteiger partial charge in [-0.05, 0) is 46.2 Å². The Labute approximate surface area is 149 Å². The monoisotopic (exact) mass is 348 g/mol. The summed E-state index contributed by atoms with van der Waals surface area (Å²) in [5.74, 6) is -1.92. The molecule has 0 atom stereocenters. The first kappa shape index (κ1) is 20.7. The van der Waals surface area contributed by atoms with Crippen LogP contribution < -0.4 is 5.32 Å². The van der Waals surface area contributed by atoms with E-state index in [9.17, 15) is 14.4 Å². The van der Waals surface area contributed by atoms with Gasteiger partial charge in [-0.1, -0.05) is 25.5 Å². The summed E-state index contributed by atoms with van der Waals surface area (Å²) in [6.45, 7) is 10.1. The van der Waals surface area contributed by atoms with Crippen LogP contribution in [0.3, 0.4) is 0 Å². The first-order chi connectivity index (χ1) is 11.7. The largest absolute Gasteiger partial charge is 0.462 e. The minimum Gasteiger partial charge on any atom is -0.462 e. The van der Waals surface area contributed by atoms with E-state index in [-0.39, 0.29) is 11.3 Å². The van der Waals surface area contributed by atoms with E-state index in [4.69, 9.17) is 4.74 Å². The summed E-state index contributed by atoms with van der Waals surface area (Å²) in [6.07, 6.45) is 1.69. The smallest absolute Gasteiger partial charge is 0.340 e. The van der Waals surface area contributed by atoms with E-state index in [0.717, 1.165) is 12.8 Å². The molecule has 1 N–H and O–H groups in total. The van der Waals surface area contributed by atoms with Crippen LogP contribution in [0, 0.1) is 0 Å². The summed E-state index contributed by atoms with van der Waals surface area (Å²) in [6, 6.07) is 6.51. The molecule has 1 aromatic rings. The van der Waals surface area contributed by atoms with Gasteiger partial charge in [0, 0.05) is 12.1 Å². The van der Waals surface area contributed by atoms with Crippen molar-refractivity contribution in [3.8, 4) is 0 Å². The molecule has 0 heterocycles. The maximum absolute atomic E-state index is 12.4. The van der Waals surface area contributed by atoms with Gasteiger partial charge in [0.2, 0.25) is 0 Å². The van der Waals surface area contributed by atoms with Crippen molar-refractivity contribution < 1.29 is 19.1 Å². The van der Waals surface area contributed by atoms with E-state index in [0.29, 0.717) is 13.2 Å². The fourth-order valence-electron chi connectivity index (χ4n) is 2.38.